The molecule has 0 aromatic carbocycles. The van der Waals surface area contributed by atoms with Crippen LogP contribution < -0.4 is 0 Å². The summed E-state index contributed by atoms with van der Waals surface area (Å²) in [7, 11) is 1.83. The summed E-state index contributed by atoms with van der Waals surface area (Å²) in [6.07, 6.45) is 9.97. The van der Waals surface area contributed by atoms with E-state index in [1.165, 1.54) is 43.5 Å². The monoisotopic (exact) mass is 462 g/mol. The van der Waals surface area contributed by atoms with E-state index in [-0.39, 0.29) is 10.8 Å². The van der Waals surface area contributed by atoms with E-state index in [9.17, 15) is 0 Å². The fraction of sp³-hybridized carbons (Fsp3) is 0.923. The second-order valence-corrected chi connectivity index (χ2v) is 17.1. The van der Waals surface area contributed by atoms with Gasteiger partial charge in [0, 0.05) is 12.0 Å². The number of hydrogen-bond acceptors (Lipinski definition) is 5. The van der Waals surface area contributed by atoms with E-state index in [0.717, 1.165) is 25.2 Å². The van der Waals surface area contributed by atoms with E-state index < -0.39 is 8.32 Å². The highest BCUT2D eigenvalue weighted by atomic mass is 28.4. The van der Waals surface area contributed by atoms with Crippen LogP contribution in [0.2, 0.25) is 19.6 Å². The molecule has 0 heterocycles. The number of oxime groups is 2. The second-order valence-electron chi connectivity index (χ2n) is 12.6. The van der Waals surface area contributed by atoms with Crippen molar-refractivity contribution in [2.75, 3.05) is 14.2 Å². The first-order chi connectivity index (χ1) is 15.0. The summed E-state index contributed by atoms with van der Waals surface area (Å²) in [5, 5.41) is 9.10. The van der Waals surface area contributed by atoms with E-state index in [1.54, 1.807) is 14.2 Å². The molecule has 0 bridgehead atoms. The molecule has 0 aromatic heterocycles. The van der Waals surface area contributed by atoms with Crippen LogP contribution in [0, 0.1) is 40.4 Å². The maximum atomic E-state index is 6.65. The zero-order valence-electron chi connectivity index (χ0n) is 21.7. The Labute approximate surface area is 196 Å². The predicted molar refractivity (Wildman–Crippen MR) is 133 cm³/mol. The van der Waals surface area contributed by atoms with Crippen molar-refractivity contribution in [3.63, 3.8) is 0 Å². The van der Waals surface area contributed by atoms with Crippen molar-refractivity contribution >= 4 is 19.7 Å². The summed E-state index contributed by atoms with van der Waals surface area (Å²) >= 11 is 0. The van der Waals surface area contributed by atoms with E-state index in [0.29, 0.717) is 29.8 Å². The first-order valence-electron chi connectivity index (χ1n) is 12.9. The third kappa shape index (κ3) is 4.08. The highest BCUT2D eigenvalue weighted by Crippen LogP contribution is 2.67. The minimum atomic E-state index is -1.57. The Morgan fingerprint density at radius 1 is 0.969 bits per heavy atom. The standard InChI is InChI=1S/C26H46N2O3Si/c1-17(31-32(6,7)8)21-11-12-22-20-10-9-18-15-19(27-29-4)13-14-25(18,2)24(20)23(28-30-5)16-26(21,22)3/h17-18,20-22,24H,9-16H2,1-8H3/t17-,18-,20?,21+,22?,24?,25-,26+/m0/s1. The summed E-state index contributed by atoms with van der Waals surface area (Å²) in [6.45, 7) is 14.4. The Hall–Kier alpha value is -0.883. The molecule has 32 heavy (non-hydrogen) atoms. The Morgan fingerprint density at radius 2 is 1.69 bits per heavy atom. The molecule has 0 aliphatic heterocycles. The smallest absolute Gasteiger partial charge is 0.184 e. The van der Waals surface area contributed by atoms with Crippen molar-refractivity contribution in [3.8, 4) is 0 Å². The van der Waals surface area contributed by atoms with Crippen LogP contribution in [0.15, 0.2) is 10.3 Å². The van der Waals surface area contributed by atoms with Crippen molar-refractivity contribution in [2.24, 2.45) is 50.7 Å². The molecule has 4 rings (SSSR count). The molecule has 0 spiro atoms. The average Bonchev–Trinajstić information content (AvgIpc) is 3.04. The van der Waals surface area contributed by atoms with Crippen LogP contribution >= 0.6 is 0 Å². The molecule has 182 valence electrons. The zero-order chi connectivity index (χ0) is 23.3. The third-order valence-corrected chi connectivity index (χ3v) is 10.9. The van der Waals surface area contributed by atoms with Gasteiger partial charge in [-0.25, -0.2) is 0 Å². The average molecular weight is 463 g/mol. The van der Waals surface area contributed by atoms with Gasteiger partial charge in [0.15, 0.2) is 8.32 Å². The fourth-order valence-electron chi connectivity index (χ4n) is 8.78. The van der Waals surface area contributed by atoms with Crippen LogP contribution in [0.5, 0.6) is 0 Å². The van der Waals surface area contributed by atoms with Crippen molar-refractivity contribution in [3.05, 3.63) is 0 Å². The molecule has 8 atom stereocenters. The maximum Gasteiger partial charge on any atom is 0.184 e. The van der Waals surface area contributed by atoms with Crippen LogP contribution in [0.4, 0.5) is 0 Å². The Balaban J connectivity index is 1.65. The number of nitrogens with zero attached hydrogens (tertiary/aromatic N) is 2. The molecule has 0 amide bonds. The van der Waals surface area contributed by atoms with Gasteiger partial charge in [-0.15, -0.1) is 0 Å². The number of fused-ring (bicyclic) bond motifs is 5. The summed E-state index contributed by atoms with van der Waals surface area (Å²) < 4.78 is 6.65. The molecule has 4 fully saturated rings. The number of rotatable bonds is 5. The van der Waals surface area contributed by atoms with Gasteiger partial charge in [0.1, 0.15) is 14.2 Å². The van der Waals surface area contributed by atoms with Crippen LogP contribution in [-0.4, -0.2) is 40.1 Å². The van der Waals surface area contributed by atoms with E-state index >= 15 is 0 Å². The van der Waals surface area contributed by atoms with E-state index in [2.05, 4.69) is 45.6 Å². The highest BCUT2D eigenvalue weighted by molar-refractivity contribution is 6.69. The van der Waals surface area contributed by atoms with Gasteiger partial charge in [0.2, 0.25) is 0 Å². The van der Waals surface area contributed by atoms with Gasteiger partial charge in [-0.1, -0.05) is 24.2 Å². The maximum absolute atomic E-state index is 6.65. The Bertz CT molecular complexity index is 763. The molecule has 0 radical (unpaired) electrons. The molecule has 5 nitrogen and oxygen atoms in total. The van der Waals surface area contributed by atoms with Crippen molar-refractivity contribution in [2.45, 2.75) is 97.9 Å². The van der Waals surface area contributed by atoms with Gasteiger partial charge in [0.05, 0.1) is 11.4 Å². The van der Waals surface area contributed by atoms with Crippen LogP contribution in [0.1, 0.15) is 72.1 Å². The van der Waals surface area contributed by atoms with Crippen molar-refractivity contribution in [1.82, 2.24) is 0 Å². The molecule has 6 heteroatoms. The normalized spacial score (nSPS) is 45.2. The molecule has 4 aliphatic carbocycles. The first kappa shape index (κ1) is 24.2. The minimum Gasteiger partial charge on any atom is -0.415 e. The summed E-state index contributed by atoms with van der Waals surface area (Å²) in [4.78, 5) is 10.6. The van der Waals surface area contributed by atoms with Crippen molar-refractivity contribution < 1.29 is 14.1 Å². The van der Waals surface area contributed by atoms with Crippen LogP contribution in [0.3, 0.4) is 0 Å². The number of hydrogen-bond donors (Lipinski definition) is 0. The first-order valence-corrected chi connectivity index (χ1v) is 16.3. The van der Waals surface area contributed by atoms with Crippen LogP contribution in [-0.2, 0) is 14.1 Å². The van der Waals surface area contributed by atoms with Gasteiger partial charge in [-0.2, -0.15) is 0 Å². The molecule has 0 aromatic rings. The summed E-state index contributed by atoms with van der Waals surface area (Å²) in [6, 6.07) is 0. The minimum absolute atomic E-state index is 0.262. The Morgan fingerprint density at radius 3 is 2.34 bits per heavy atom. The van der Waals surface area contributed by atoms with Crippen molar-refractivity contribution in [1.29, 1.82) is 0 Å². The SMILES string of the molecule is CON=C1CC[C@]2(C)C3C(=NOC)C[C@@]4(C)C(CC[C@@H]4[C@H](C)O[Si](C)(C)C)C3CC[C@H]2C1. The molecular formula is C26H46N2O3Si. The fourth-order valence-corrected chi connectivity index (χ4v) is 10.1. The Kier molecular flexibility index (Phi) is 6.61. The van der Waals surface area contributed by atoms with E-state index in [1.807, 2.05) is 0 Å². The predicted octanol–water partition coefficient (Wildman–Crippen LogP) is 6.50. The molecule has 4 aliphatic rings. The largest absolute Gasteiger partial charge is 0.415 e. The molecule has 0 N–H and O–H groups in total. The lowest BCUT2D eigenvalue weighted by atomic mass is 9.44. The van der Waals surface area contributed by atoms with Gasteiger partial charge >= 0.3 is 0 Å². The topological polar surface area (TPSA) is 52.4 Å². The molecular weight excluding hydrogens is 416 g/mol. The van der Waals surface area contributed by atoms with Gasteiger partial charge in [-0.3, -0.25) is 0 Å². The third-order valence-electron chi connectivity index (χ3n) is 9.81. The van der Waals surface area contributed by atoms with Gasteiger partial charge in [-0.05, 0) is 112 Å². The van der Waals surface area contributed by atoms with Crippen LogP contribution in [0.25, 0.3) is 0 Å². The quantitative estimate of drug-likeness (QED) is 0.346. The molecule has 0 saturated heterocycles. The zero-order valence-corrected chi connectivity index (χ0v) is 22.7. The highest BCUT2D eigenvalue weighted by Gasteiger charge is 2.63. The second kappa shape index (κ2) is 8.72. The van der Waals surface area contributed by atoms with E-state index in [4.69, 9.17) is 19.3 Å². The lowest BCUT2D eigenvalue weighted by Gasteiger charge is -2.60. The van der Waals surface area contributed by atoms with Gasteiger partial charge in [0.25, 0.3) is 0 Å². The lowest BCUT2D eigenvalue weighted by molar-refractivity contribution is -0.0580. The summed E-state index contributed by atoms with van der Waals surface area (Å²) in [5.41, 5.74) is 3.13. The molecule has 4 saturated carbocycles. The van der Waals surface area contributed by atoms with Gasteiger partial charge < -0.3 is 14.1 Å². The molecule has 3 unspecified atom stereocenters. The summed E-state index contributed by atoms with van der Waals surface area (Å²) in [5.74, 6) is 3.31. The lowest BCUT2D eigenvalue weighted by Crippen LogP contribution is -2.58.